The quantitative estimate of drug-likeness (QED) is 0.425. The van der Waals surface area contributed by atoms with Crippen molar-refractivity contribution in [3.05, 3.63) is 98.0 Å². The van der Waals surface area contributed by atoms with Crippen LogP contribution >= 0.6 is 15.9 Å². The molecular weight excluding hydrogens is 490 g/mol. The molecule has 1 aliphatic heterocycles. The largest absolute Gasteiger partial charge is 0.375 e. The van der Waals surface area contributed by atoms with E-state index in [-0.39, 0.29) is 12.2 Å². The Kier molecular flexibility index (Phi) is 5.95. The Hall–Kier alpha value is -2.76. The van der Waals surface area contributed by atoms with E-state index in [2.05, 4.69) is 22.0 Å². The number of hydrogen-bond donors (Lipinski definition) is 1. The Morgan fingerprint density at radius 2 is 1.76 bits per heavy atom. The fourth-order valence-corrected chi connectivity index (χ4v) is 5.59. The molecular formula is C29H28BrNO3. The number of hydrogen-bond acceptors (Lipinski definition) is 3. The Labute approximate surface area is 208 Å². The number of amides is 1. The summed E-state index contributed by atoms with van der Waals surface area (Å²) >= 11 is 3.47. The predicted octanol–water partition coefficient (Wildman–Crippen LogP) is 5.95. The molecule has 1 amide bonds. The van der Waals surface area contributed by atoms with E-state index in [0.717, 1.165) is 40.4 Å². The van der Waals surface area contributed by atoms with E-state index in [0.29, 0.717) is 23.4 Å². The molecule has 1 heterocycles. The third-order valence-electron chi connectivity index (χ3n) is 7.21. The van der Waals surface area contributed by atoms with Crippen LogP contribution in [-0.2, 0) is 29.8 Å². The lowest BCUT2D eigenvalue weighted by molar-refractivity contribution is -0.136. The molecule has 0 saturated heterocycles. The first-order valence-corrected chi connectivity index (χ1v) is 12.6. The summed E-state index contributed by atoms with van der Waals surface area (Å²) in [6.45, 7) is 4.38. The molecule has 1 atom stereocenters. The predicted molar refractivity (Wildman–Crippen MR) is 137 cm³/mol. The number of halogens is 1. The molecule has 34 heavy (non-hydrogen) atoms. The Bertz CT molecular complexity index is 1310. The highest BCUT2D eigenvalue weighted by atomic mass is 79.9. The number of fused-ring (bicyclic) bond motifs is 2. The van der Waals surface area contributed by atoms with Gasteiger partial charge in [0.25, 0.3) is 5.91 Å². The number of aryl methyl sites for hydroxylation is 4. The molecule has 5 heteroatoms. The van der Waals surface area contributed by atoms with Crippen LogP contribution in [0.3, 0.4) is 0 Å². The molecule has 5 rings (SSSR count). The summed E-state index contributed by atoms with van der Waals surface area (Å²) < 4.78 is 0.757. The smallest absolute Gasteiger partial charge is 0.264 e. The number of carbonyl (C=O) groups is 2. The molecule has 174 valence electrons. The number of anilines is 1. The van der Waals surface area contributed by atoms with E-state index in [1.54, 1.807) is 11.0 Å². The fourth-order valence-electron chi connectivity index (χ4n) is 5.23. The number of rotatable bonds is 5. The van der Waals surface area contributed by atoms with Crippen molar-refractivity contribution in [2.75, 3.05) is 4.90 Å². The van der Waals surface area contributed by atoms with E-state index in [1.807, 2.05) is 56.3 Å². The highest BCUT2D eigenvalue weighted by Crippen LogP contribution is 2.45. The zero-order valence-corrected chi connectivity index (χ0v) is 21.1. The van der Waals surface area contributed by atoms with Crippen LogP contribution < -0.4 is 4.90 Å². The zero-order valence-electron chi connectivity index (χ0n) is 19.5. The Balaban J connectivity index is 1.49. The monoisotopic (exact) mass is 517 g/mol. The Morgan fingerprint density at radius 3 is 2.56 bits per heavy atom. The van der Waals surface area contributed by atoms with E-state index in [1.165, 1.54) is 17.5 Å². The molecule has 3 aromatic rings. The second-order valence-corrected chi connectivity index (χ2v) is 10.5. The number of carbonyl (C=O) groups excluding carboxylic acids is 2. The molecule has 1 aliphatic carbocycles. The lowest BCUT2D eigenvalue weighted by Crippen LogP contribution is -2.41. The van der Waals surface area contributed by atoms with Gasteiger partial charge in [0.05, 0.1) is 18.7 Å². The SMILES string of the molecule is Cc1ccc(C)c(CN2C(=O)[C@@](O)(CC(=O)c3ccc4c(c3)CCCC4)c3cc(Br)ccc32)c1. The summed E-state index contributed by atoms with van der Waals surface area (Å²) in [5.74, 6) is -0.670. The van der Waals surface area contributed by atoms with Crippen LogP contribution in [0.25, 0.3) is 0 Å². The third-order valence-corrected chi connectivity index (χ3v) is 7.71. The molecule has 0 spiro atoms. The van der Waals surface area contributed by atoms with Crippen molar-refractivity contribution in [3.8, 4) is 0 Å². The first-order chi connectivity index (χ1) is 16.3. The van der Waals surface area contributed by atoms with Gasteiger partial charge in [-0.1, -0.05) is 51.8 Å². The lowest BCUT2D eigenvalue weighted by atomic mass is 9.85. The van der Waals surface area contributed by atoms with Crippen LogP contribution in [0.5, 0.6) is 0 Å². The van der Waals surface area contributed by atoms with E-state index in [4.69, 9.17) is 0 Å². The molecule has 0 radical (unpaired) electrons. The lowest BCUT2D eigenvalue weighted by Gasteiger charge is -2.24. The van der Waals surface area contributed by atoms with Crippen LogP contribution in [0.1, 0.15) is 63.0 Å². The zero-order chi connectivity index (χ0) is 24.0. The maximum absolute atomic E-state index is 13.7. The highest BCUT2D eigenvalue weighted by molar-refractivity contribution is 9.10. The van der Waals surface area contributed by atoms with Gasteiger partial charge in [-0.3, -0.25) is 9.59 Å². The minimum atomic E-state index is -1.90. The van der Waals surface area contributed by atoms with Gasteiger partial charge in [0.15, 0.2) is 11.4 Å². The minimum absolute atomic E-state index is 0.219. The normalized spacial score (nSPS) is 19.2. The molecule has 4 nitrogen and oxygen atoms in total. The fraction of sp³-hybridized carbons (Fsp3) is 0.310. The van der Waals surface area contributed by atoms with Gasteiger partial charge in [-0.15, -0.1) is 0 Å². The summed E-state index contributed by atoms with van der Waals surface area (Å²) in [4.78, 5) is 28.7. The molecule has 0 aromatic heterocycles. The molecule has 0 saturated carbocycles. The number of nitrogens with zero attached hydrogens (tertiary/aromatic N) is 1. The topological polar surface area (TPSA) is 57.6 Å². The second kappa shape index (κ2) is 8.79. The molecule has 2 aliphatic rings. The van der Waals surface area contributed by atoms with Crippen LogP contribution in [0.4, 0.5) is 5.69 Å². The van der Waals surface area contributed by atoms with Crippen molar-refractivity contribution in [2.45, 2.75) is 58.1 Å². The molecule has 0 unspecified atom stereocenters. The van der Waals surface area contributed by atoms with E-state index < -0.39 is 11.5 Å². The number of aliphatic hydroxyl groups is 1. The number of ketones is 1. The summed E-state index contributed by atoms with van der Waals surface area (Å²) in [5, 5.41) is 11.7. The van der Waals surface area contributed by atoms with Crippen LogP contribution in [-0.4, -0.2) is 16.8 Å². The first kappa shape index (κ1) is 23.0. The van der Waals surface area contributed by atoms with Gasteiger partial charge < -0.3 is 10.0 Å². The van der Waals surface area contributed by atoms with Gasteiger partial charge in [0.2, 0.25) is 0 Å². The summed E-state index contributed by atoms with van der Waals surface area (Å²) in [6, 6.07) is 17.4. The van der Waals surface area contributed by atoms with Crippen LogP contribution in [0.15, 0.2) is 59.1 Å². The summed E-state index contributed by atoms with van der Waals surface area (Å²) in [7, 11) is 0. The van der Waals surface area contributed by atoms with E-state index in [9.17, 15) is 14.7 Å². The van der Waals surface area contributed by atoms with Crippen molar-refractivity contribution in [2.24, 2.45) is 0 Å². The average molecular weight is 518 g/mol. The molecule has 1 N–H and O–H groups in total. The van der Waals surface area contributed by atoms with Crippen LogP contribution in [0, 0.1) is 13.8 Å². The maximum atomic E-state index is 13.7. The number of Topliss-reactive ketones (excluding diaryl/α,β-unsaturated/α-hetero) is 1. The van der Waals surface area contributed by atoms with Crippen molar-refractivity contribution < 1.29 is 14.7 Å². The van der Waals surface area contributed by atoms with Crippen LogP contribution in [0.2, 0.25) is 0 Å². The van der Waals surface area contributed by atoms with Crippen molar-refractivity contribution in [1.82, 2.24) is 0 Å². The average Bonchev–Trinajstić information content (AvgIpc) is 3.02. The van der Waals surface area contributed by atoms with Gasteiger partial charge in [0.1, 0.15) is 0 Å². The van der Waals surface area contributed by atoms with Gasteiger partial charge in [-0.25, -0.2) is 0 Å². The second-order valence-electron chi connectivity index (χ2n) is 9.63. The van der Waals surface area contributed by atoms with Crippen molar-refractivity contribution >= 4 is 33.3 Å². The molecule has 3 aromatic carbocycles. The van der Waals surface area contributed by atoms with Gasteiger partial charge >= 0.3 is 0 Å². The van der Waals surface area contributed by atoms with Gasteiger partial charge in [-0.2, -0.15) is 0 Å². The molecule has 0 fully saturated rings. The highest BCUT2D eigenvalue weighted by Gasteiger charge is 2.51. The van der Waals surface area contributed by atoms with Crippen molar-refractivity contribution in [1.29, 1.82) is 0 Å². The Morgan fingerprint density at radius 1 is 1.00 bits per heavy atom. The van der Waals surface area contributed by atoms with Gasteiger partial charge in [0, 0.05) is 15.6 Å². The minimum Gasteiger partial charge on any atom is -0.375 e. The standard InChI is InChI=1S/C29H28BrNO3/c1-18-7-8-19(2)23(13-18)17-31-26-12-11-24(30)15-25(26)29(34,28(31)33)16-27(32)22-10-9-20-5-3-4-6-21(20)14-22/h7-15,34H,3-6,16-17H2,1-2H3/t29-/m1/s1. The van der Waals surface area contributed by atoms with Crippen molar-refractivity contribution in [3.63, 3.8) is 0 Å². The summed E-state index contributed by atoms with van der Waals surface area (Å²) in [6.07, 6.45) is 4.04. The maximum Gasteiger partial charge on any atom is 0.264 e. The molecule has 0 bridgehead atoms. The third kappa shape index (κ3) is 4.01. The number of benzene rings is 3. The summed E-state index contributed by atoms with van der Waals surface area (Å²) in [5.41, 5.74) is 5.51. The van der Waals surface area contributed by atoms with Gasteiger partial charge in [-0.05, 0) is 86.1 Å². The first-order valence-electron chi connectivity index (χ1n) is 11.8. The van der Waals surface area contributed by atoms with E-state index >= 15 is 0 Å².